The highest BCUT2D eigenvalue weighted by Gasteiger charge is 2.12. The van der Waals surface area contributed by atoms with E-state index in [1.165, 1.54) is 25.3 Å². The van der Waals surface area contributed by atoms with E-state index in [0.717, 1.165) is 13.0 Å². The summed E-state index contributed by atoms with van der Waals surface area (Å²) in [5.74, 6) is -0.254. The van der Waals surface area contributed by atoms with Crippen LogP contribution in [-0.4, -0.2) is 19.2 Å². The Morgan fingerprint density at radius 2 is 2.28 bits per heavy atom. The van der Waals surface area contributed by atoms with E-state index < -0.39 is 0 Å². The molecule has 1 fully saturated rings. The molecule has 0 bridgehead atoms. The summed E-state index contributed by atoms with van der Waals surface area (Å²) >= 11 is 5.82. The molecule has 1 saturated heterocycles. The third kappa shape index (κ3) is 4.23. The molecule has 1 atom stereocenters. The van der Waals surface area contributed by atoms with E-state index in [4.69, 9.17) is 16.3 Å². The average molecular weight is 272 g/mol. The number of rotatable bonds is 5. The quantitative estimate of drug-likeness (QED) is 0.828. The summed E-state index contributed by atoms with van der Waals surface area (Å²) in [6.07, 6.45) is 4.77. The Morgan fingerprint density at radius 3 is 3.06 bits per heavy atom. The Hall–Kier alpha value is -0.640. The second kappa shape index (κ2) is 7.07. The van der Waals surface area contributed by atoms with Gasteiger partial charge in [-0.05, 0) is 44.0 Å². The van der Waals surface area contributed by atoms with E-state index in [-0.39, 0.29) is 5.82 Å². The molecule has 0 aromatic heterocycles. The van der Waals surface area contributed by atoms with Gasteiger partial charge in [-0.2, -0.15) is 0 Å². The lowest BCUT2D eigenvalue weighted by atomic mass is 10.0. The topological polar surface area (TPSA) is 21.3 Å². The molecule has 0 saturated carbocycles. The van der Waals surface area contributed by atoms with Crippen molar-refractivity contribution in [2.24, 2.45) is 0 Å². The molecule has 1 aliphatic heterocycles. The number of benzene rings is 1. The number of piperidine rings is 1. The Labute approximate surface area is 112 Å². The molecule has 1 aromatic rings. The van der Waals surface area contributed by atoms with Gasteiger partial charge in [0.15, 0.2) is 0 Å². The van der Waals surface area contributed by atoms with Crippen molar-refractivity contribution >= 4 is 11.6 Å². The predicted octanol–water partition coefficient (Wildman–Crippen LogP) is 3.53. The number of hydrogen-bond acceptors (Lipinski definition) is 2. The highest BCUT2D eigenvalue weighted by molar-refractivity contribution is 6.30. The molecule has 2 rings (SSSR count). The highest BCUT2D eigenvalue weighted by Crippen LogP contribution is 2.16. The first-order chi connectivity index (χ1) is 8.75. The molecule has 0 radical (unpaired) electrons. The van der Waals surface area contributed by atoms with E-state index in [9.17, 15) is 4.39 Å². The van der Waals surface area contributed by atoms with Crippen LogP contribution in [0.5, 0.6) is 0 Å². The van der Waals surface area contributed by atoms with Gasteiger partial charge in [0.2, 0.25) is 0 Å². The molecule has 100 valence electrons. The minimum Gasteiger partial charge on any atom is -0.377 e. The Morgan fingerprint density at radius 1 is 1.39 bits per heavy atom. The summed E-state index contributed by atoms with van der Waals surface area (Å²) in [5, 5.41) is 4.01. The van der Waals surface area contributed by atoms with Crippen LogP contribution in [0.3, 0.4) is 0 Å². The van der Waals surface area contributed by atoms with Crippen molar-refractivity contribution in [1.29, 1.82) is 0 Å². The fourth-order valence-electron chi connectivity index (χ4n) is 2.23. The monoisotopic (exact) mass is 271 g/mol. The zero-order chi connectivity index (χ0) is 12.8. The Kier molecular flexibility index (Phi) is 5.42. The molecule has 1 aliphatic rings. The van der Waals surface area contributed by atoms with Crippen molar-refractivity contribution in [2.75, 3.05) is 13.2 Å². The maximum Gasteiger partial charge on any atom is 0.128 e. The lowest BCUT2D eigenvalue weighted by molar-refractivity contribution is 0.106. The van der Waals surface area contributed by atoms with Gasteiger partial charge >= 0.3 is 0 Å². The van der Waals surface area contributed by atoms with Gasteiger partial charge in [-0.25, -0.2) is 4.39 Å². The minimum atomic E-state index is -0.254. The van der Waals surface area contributed by atoms with Crippen molar-refractivity contribution in [3.63, 3.8) is 0 Å². The molecule has 0 amide bonds. The molecule has 18 heavy (non-hydrogen) atoms. The smallest absolute Gasteiger partial charge is 0.128 e. The van der Waals surface area contributed by atoms with Crippen LogP contribution >= 0.6 is 11.6 Å². The maximum absolute atomic E-state index is 13.4. The van der Waals surface area contributed by atoms with Gasteiger partial charge in [-0.3, -0.25) is 0 Å². The van der Waals surface area contributed by atoms with Crippen molar-refractivity contribution < 1.29 is 9.13 Å². The molecule has 1 aromatic carbocycles. The van der Waals surface area contributed by atoms with Gasteiger partial charge in [0.25, 0.3) is 0 Å². The van der Waals surface area contributed by atoms with Crippen molar-refractivity contribution in [1.82, 2.24) is 5.32 Å². The molecule has 0 aliphatic carbocycles. The Balaban J connectivity index is 1.69. The van der Waals surface area contributed by atoms with Crippen LogP contribution in [0.25, 0.3) is 0 Å². The van der Waals surface area contributed by atoms with Gasteiger partial charge in [-0.15, -0.1) is 0 Å². The minimum absolute atomic E-state index is 0.254. The number of nitrogens with one attached hydrogen (secondary N) is 1. The highest BCUT2D eigenvalue weighted by atomic mass is 35.5. The van der Waals surface area contributed by atoms with Crippen LogP contribution in [0.2, 0.25) is 5.02 Å². The summed E-state index contributed by atoms with van der Waals surface area (Å²) in [4.78, 5) is 0. The van der Waals surface area contributed by atoms with Gasteiger partial charge in [-0.1, -0.05) is 18.0 Å². The molecule has 1 N–H and O–H groups in total. The SMILES string of the molecule is Fc1ccc(Cl)cc1COCCC1CCCCN1. The summed E-state index contributed by atoms with van der Waals surface area (Å²) in [5.41, 5.74) is 0.527. The molecular formula is C14H19ClFNO. The van der Waals surface area contributed by atoms with Crippen LogP contribution in [0.1, 0.15) is 31.2 Å². The normalized spacial score (nSPS) is 20.0. The van der Waals surface area contributed by atoms with Crippen molar-refractivity contribution in [2.45, 2.75) is 38.3 Å². The second-order valence-corrected chi connectivity index (χ2v) is 5.16. The Bertz CT molecular complexity index is 380. The van der Waals surface area contributed by atoms with Gasteiger partial charge < -0.3 is 10.1 Å². The van der Waals surface area contributed by atoms with Crippen molar-refractivity contribution in [3.05, 3.63) is 34.6 Å². The molecular weight excluding hydrogens is 253 g/mol. The number of halogens is 2. The second-order valence-electron chi connectivity index (χ2n) is 4.72. The van der Waals surface area contributed by atoms with Crippen LogP contribution in [0, 0.1) is 5.82 Å². The summed E-state index contributed by atoms with van der Waals surface area (Å²) < 4.78 is 18.9. The first-order valence-corrected chi connectivity index (χ1v) is 6.88. The average Bonchev–Trinajstić information content (AvgIpc) is 2.40. The largest absolute Gasteiger partial charge is 0.377 e. The third-order valence-electron chi connectivity index (χ3n) is 3.29. The summed E-state index contributed by atoms with van der Waals surface area (Å²) in [6.45, 7) is 2.05. The van der Waals surface area contributed by atoms with E-state index >= 15 is 0 Å². The van der Waals surface area contributed by atoms with Crippen molar-refractivity contribution in [3.8, 4) is 0 Å². The molecule has 2 nitrogen and oxygen atoms in total. The van der Waals surface area contributed by atoms with Crippen LogP contribution in [0.15, 0.2) is 18.2 Å². The van der Waals surface area contributed by atoms with E-state index in [1.54, 1.807) is 12.1 Å². The number of hydrogen-bond donors (Lipinski definition) is 1. The zero-order valence-electron chi connectivity index (χ0n) is 10.4. The van der Waals surface area contributed by atoms with E-state index in [2.05, 4.69) is 5.32 Å². The zero-order valence-corrected chi connectivity index (χ0v) is 11.2. The van der Waals surface area contributed by atoms with Crippen LogP contribution in [0.4, 0.5) is 4.39 Å². The lowest BCUT2D eigenvalue weighted by Gasteiger charge is -2.23. The molecule has 0 spiro atoms. The molecule has 4 heteroatoms. The fraction of sp³-hybridized carbons (Fsp3) is 0.571. The van der Waals surface area contributed by atoms with E-state index in [1.807, 2.05) is 0 Å². The van der Waals surface area contributed by atoms with Crippen LogP contribution in [-0.2, 0) is 11.3 Å². The van der Waals surface area contributed by atoms with E-state index in [0.29, 0.717) is 29.8 Å². The maximum atomic E-state index is 13.4. The standard InChI is InChI=1S/C14H19ClFNO/c15-12-4-5-14(16)11(9-12)10-18-8-6-13-3-1-2-7-17-13/h4-5,9,13,17H,1-3,6-8,10H2. The van der Waals surface area contributed by atoms with Gasteiger partial charge in [0.05, 0.1) is 6.61 Å². The predicted molar refractivity (Wildman–Crippen MR) is 71.3 cm³/mol. The summed E-state index contributed by atoms with van der Waals surface area (Å²) in [7, 11) is 0. The van der Waals surface area contributed by atoms with Gasteiger partial charge in [0, 0.05) is 23.2 Å². The first-order valence-electron chi connectivity index (χ1n) is 6.51. The number of ether oxygens (including phenoxy) is 1. The van der Waals surface area contributed by atoms with Crippen LogP contribution < -0.4 is 5.32 Å². The summed E-state index contributed by atoms with van der Waals surface area (Å²) in [6, 6.07) is 5.11. The molecule has 1 unspecified atom stereocenters. The molecule has 1 heterocycles. The lowest BCUT2D eigenvalue weighted by Crippen LogP contribution is -2.34. The third-order valence-corrected chi connectivity index (χ3v) is 3.52. The van der Waals surface area contributed by atoms with Gasteiger partial charge in [0.1, 0.15) is 5.82 Å². The fourth-order valence-corrected chi connectivity index (χ4v) is 2.43. The first kappa shape index (κ1) is 13.8.